The third-order valence-corrected chi connectivity index (χ3v) is 11.5. The molecule has 54 heavy (non-hydrogen) atoms. The summed E-state index contributed by atoms with van der Waals surface area (Å²) in [5.74, 6) is 2.67. The van der Waals surface area contributed by atoms with Gasteiger partial charge in [-0.25, -0.2) is 19.9 Å². The van der Waals surface area contributed by atoms with Gasteiger partial charge < -0.3 is 0 Å². The number of aromatic nitrogens is 5. The lowest BCUT2D eigenvalue weighted by Gasteiger charge is -2.19. The Hall–Kier alpha value is -6.50. The van der Waals surface area contributed by atoms with Crippen molar-refractivity contribution in [2.45, 2.75) is 26.2 Å². The fourth-order valence-electron chi connectivity index (χ4n) is 7.51. The Morgan fingerprint density at radius 3 is 1.89 bits per heavy atom. The van der Waals surface area contributed by atoms with Crippen LogP contribution in [0.15, 0.2) is 158 Å². The van der Waals surface area contributed by atoms with Gasteiger partial charge in [0.25, 0.3) is 0 Å². The SMILES string of the molecule is CC(C)(C)c1ccc(-c2nc(-c3ccccc3)nc(-c3ccnc(-n4c5ccccc5c5cc(-c6cccc7c6sc6ccccc67)ccc54)c3)n2)cc1. The molecule has 258 valence electrons. The average Bonchev–Trinajstić information content (AvgIpc) is 3.76. The van der Waals surface area contributed by atoms with Crippen LogP contribution in [0.25, 0.3) is 93.1 Å². The summed E-state index contributed by atoms with van der Waals surface area (Å²) in [6, 6.07) is 53.5. The molecule has 0 aliphatic carbocycles. The Balaban J connectivity index is 1.12. The fraction of sp³-hybridized carbons (Fsp3) is 0.0833. The lowest BCUT2D eigenvalue weighted by molar-refractivity contribution is 0.590. The molecule has 5 nitrogen and oxygen atoms in total. The number of hydrogen-bond acceptors (Lipinski definition) is 5. The van der Waals surface area contributed by atoms with E-state index in [9.17, 15) is 0 Å². The fourth-order valence-corrected chi connectivity index (χ4v) is 8.75. The molecule has 0 unspecified atom stereocenters. The predicted octanol–water partition coefficient (Wildman–Crippen LogP) is 12.7. The van der Waals surface area contributed by atoms with Gasteiger partial charge in [-0.1, -0.05) is 136 Å². The van der Waals surface area contributed by atoms with Gasteiger partial charge in [0.05, 0.1) is 11.0 Å². The minimum Gasteiger partial charge on any atom is -0.294 e. The molecule has 0 saturated heterocycles. The van der Waals surface area contributed by atoms with Gasteiger partial charge in [0.1, 0.15) is 5.82 Å². The predicted molar refractivity (Wildman–Crippen MR) is 225 cm³/mol. The Kier molecular flexibility index (Phi) is 7.49. The van der Waals surface area contributed by atoms with E-state index in [-0.39, 0.29) is 5.41 Å². The third-order valence-electron chi connectivity index (χ3n) is 10.3. The zero-order valence-corrected chi connectivity index (χ0v) is 31.0. The first-order chi connectivity index (χ1) is 26.4. The molecule has 6 heteroatoms. The lowest BCUT2D eigenvalue weighted by atomic mass is 9.87. The van der Waals surface area contributed by atoms with Crippen LogP contribution in [0.4, 0.5) is 0 Å². The van der Waals surface area contributed by atoms with Crippen molar-refractivity contribution >= 4 is 53.3 Å². The molecular formula is C48H35N5S. The average molecular weight is 714 g/mol. The lowest BCUT2D eigenvalue weighted by Crippen LogP contribution is -2.10. The van der Waals surface area contributed by atoms with E-state index in [1.54, 1.807) is 0 Å². The maximum atomic E-state index is 5.07. The first-order valence-electron chi connectivity index (χ1n) is 18.2. The van der Waals surface area contributed by atoms with Gasteiger partial charge in [0.2, 0.25) is 0 Å². The van der Waals surface area contributed by atoms with Crippen LogP contribution in [0.1, 0.15) is 26.3 Å². The zero-order valence-electron chi connectivity index (χ0n) is 30.2. The first-order valence-corrected chi connectivity index (χ1v) is 19.0. The summed E-state index contributed by atoms with van der Waals surface area (Å²) in [4.78, 5) is 20.0. The van der Waals surface area contributed by atoms with Crippen LogP contribution in [-0.2, 0) is 5.41 Å². The van der Waals surface area contributed by atoms with E-state index in [1.807, 2.05) is 53.9 Å². The highest BCUT2D eigenvalue weighted by atomic mass is 32.1. The van der Waals surface area contributed by atoms with Crippen molar-refractivity contribution in [2.75, 3.05) is 0 Å². The maximum Gasteiger partial charge on any atom is 0.164 e. The van der Waals surface area contributed by atoms with Crippen LogP contribution in [0, 0.1) is 0 Å². The molecule has 10 rings (SSSR count). The highest BCUT2D eigenvalue weighted by molar-refractivity contribution is 7.26. The topological polar surface area (TPSA) is 56.5 Å². The monoisotopic (exact) mass is 713 g/mol. The van der Waals surface area contributed by atoms with Gasteiger partial charge in [-0.15, -0.1) is 11.3 Å². The maximum absolute atomic E-state index is 5.07. The van der Waals surface area contributed by atoms with E-state index in [2.05, 4.69) is 141 Å². The Bertz CT molecular complexity index is 3020. The van der Waals surface area contributed by atoms with Gasteiger partial charge >= 0.3 is 0 Å². The number of hydrogen-bond donors (Lipinski definition) is 0. The molecule has 0 fully saturated rings. The molecule has 0 bridgehead atoms. The summed E-state index contributed by atoms with van der Waals surface area (Å²) in [7, 11) is 0. The Morgan fingerprint density at radius 1 is 0.481 bits per heavy atom. The van der Waals surface area contributed by atoms with E-state index >= 15 is 0 Å². The molecule has 0 saturated carbocycles. The summed E-state index contributed by atoms with van der Waals surface area (Å²) >= 11 is 1.86. The molecule has 10 aromatic rings. The molecule has 0 amide bonds. The van der Waals surface area contributed by atoms with Gasteiger partial charge in [0.15, 0.2) is 17.5 Å². The van der Waals surface area contributed by atoms with Crippen molar-refractivity contribution in [1.29, 1.82) is 0 Å². The van der Waals surface area contributed by atoms with E-state index in [1.165, 1.54) is 47.6 Å². The molecule has 0 aliphatic heterocycles. The molecule has 4 heterocycles. The van der Waals surface area contributed by atoms with Crippen LogP contribution in [0.5, 0.6) is 0 Å². The highest BCUT2D eigenvalue weighted by Gasteiger charge is 2.19. The van der Waals surface area contributed by atoms with Crippen molar-refractivity contribution in [3.63, 3.8) is 0 Å². The number of nitrogens with zero attached hydrogens (tertiary/aromatic N) is 5. The minimum absolute atomic E-state index is 0.0487. The number of pyridine rings is 1. The van der Waals surface area contributed by atoms with Crippen LogP contribution in [0.2, 0.25) is 0 Å². The molecule has 6 aromatic carbocycles. The van der Waals surface area contributed by atoms with Crippen molar-refractivity contribution < 1.29 is 0 Å². The van der Waals surface area contributed by atoms with Crippen molar-refractivity contribution in [3.8, 4) is 51.1 Å². The Morgan fingerprint density at radius 2 is 1.11 bits per heavy atom. The van der Waals surface area contributed by atoms with E-state index in [0.29, 0.717) is 17.5 Å². The normalized spacial score (nSPS) is 12.0. The second-order valence-corrected chi connectivity index (χ2v) is 15.8. The quantitative estimate of drug-likeness (QED) is 0.178. The van der Waals surface area contributed by atoms with E-state index in [4.69, 9.17) is 19.9 Å². The summed E-state index contributed by atoms with van der Waals surface area (Å²) in [6.45, 7) is 6.67. The number of para-hydroxylation sites is 1. The molecule has 0 N–H and O–H groups in total. The smallest absolute Gasteiger partial charge is 0.164 e. The minimum atomic E-state index is 0.0487. The van der Waals surface area contributed by atoms with Crippen molar-refractivity contribution in [1.82, 2.24) is 24.5 Å². The van der Waals surface area contributed by atoms with Gasteiger partial charge in [0, 0.05) is 53.8 Å². The van der Waals surface area contributed by atoms with Crippen LogP contribution in [-0.4, -0.2) is 24.5 Å². The zero-order chi connectivity index (χ0) is 36.4. The van der Waals surface area contributed by atoms with Crippen molar-refractivity contribution in [3.05, 3.63) is 163 Å². The van der Waals surface area contributed by atoms with Gasteiger partial charge in [-0.05, 0) is 58.5 Å². The number of fused-ring (bicyclic) bond motifs is 6. The first kappa shape index (κ1) is 32.2. The largest absolute Gasteiger partial charge is 0.294 e. The molecule has 0 atom stereocenters. The van der Waals surface area contributed by atoms with Crippen LogP contribution >= 0.6 is 11.3 Å². The molecule has 0 radical (unpaired) electrons. The van der Waals surface area contributed by atoms with Crippen LogP contribution < -0.4 is 0 Å². The van der Waals surface area contributed by atoms with Crippen LogP contribution in [0.3, 0.4) is 0 Å². The summed E-state index contributed by atoms with van der Waals surface area (Å²) in [5.41, 5.74) is 8.70. The van der Waals surface area contributed by atoms with Crippen molar-refractivity contribution in [2.24, 2.45) is 0 Å². The van der Waals surface area contributed by atoms with Gasteiger partial charge in [-0.2, -0.15) is 0 Å². The third kappa shape index (κ3) is 5.46. The number of thiophene rings is 1. The highest BCUT2D eigenvalue weighted by Crippen LogP contribution is 2.42. The number of benzene rings is 6. The number of rotatable bonds is 5. The van der Waals surface area contributed by atoms with Gasteiger partial charge in [-0.3, -0.25) is 4.57 Å². The molecule has 4 aromatic heterocycles. The van der Waals surface area contributed by atoms with E-state index in [0.717, 1.165) is 33.5 Å². The summed E-state index contributed by atoms with van der Waals surface area (Å²) in [5, 5.41) is 4.97. The standard InChI is InChI=1S/C48H35N5S/c1-48(2,3)34-23-20-31(21-24-34)46-50-45(30-12-5-4-6-13-30)51-47(52-46)33-26-27-49-43(29-33)53-40-18-9-7-14-36(40)39-28-32(22-25-41(39)53)35-16-11-17-38-37-15-8-10-19-42(37)54-44(35)38/h4-29H,1-3H3. The van der Waals surface area contributed by atoms with E-state index < -0.39 is 0 Å². The summed E-state index contributed by atoms with van der Waals surface area (Å²) < 4.78 is 4.87. The molecule has 0 aliphatic rings. The second kappa shape index (κ2) is 12.6. The molecule has 0 spiro atoms. The summed E-state index contributed by atoms with van der Waals surface area (Å²) in [6.07, 6.45) is 1.85. The second-order valence-electron chi connectivity index (χ2n) is 14.8. The molecular weight excluding hydrogens is 679 g/mol. The Labute approximate surface area is 317 Å².